The fourth-order valence-corrected chi connectivity index (χ4v) is 2.85. The van der Waals surface area contributed by atoms with E-state index in [0.29, 0.717) is 5.75 Å². The van der Waals surface area contributed by atoms with Crippen molar-refractivity contribution >= 4 is 32.8 Å². The Kier molecular flexibility index (Phi) is 2.73. The van der Waals surface area contributed by atoms with E-state index in [1.54, 1.807) is 6.07 Å². The predicted octanol–water partition coefficient (Wildman–Crippen LogP) is 0.862. The van der Waals surface area contributed by atoms with E-state index >= 15 is 0 Å². The molecule has 1 nitrogen and oxygen atoms in total. The fourth-order valence-electron chi connectivity index (χ4n) is 0.832. The number of rotatable bonds is 1. The van der Waals surface area contributed by atoms with Gasteiger partial charge in [-0.25, -0.2) is 0 Å². The molecule has 3 heteroatoms. The highest BCUT2D eigenvalue weighted by atomic mass is 127. The van der Waals surface area contributed by atoms with Crippen molar-refractivity contribution in [2.24, 2.45) is 0 Å². The molecule has 0 unspecified atom stereocenters. The summed E-state index contributed by atoms with van der Waals surface area (Å²) in [5.41, 5.74) is 1.27. The van der Waals surface area contributed by atoms with Gasteiger partial charge in [-0.15, -0.1) is 0 Å². The first kappa shape index (κ1) is 8.07. The normalized spacial score (nSPS) is 10.1. The molecule has 1 aromatic carbocycles. The Balaban J connectivity index is 3.09. The second kappa shape index (κ2) is 3.38. The maximum absolute atomic E-state index is 9.08. The van der Waals surface area contributed by atoms with Gasteiger partial charge < -0.3 is 5.11 Å². The predicted molar refractivity (Wildman–Crippen MR) is 54.5 cm³/mol. The molecule has 0 aliphatic carbocycles. The minimum Gasteiger partial charge on any atom is -0.508 e. The summed E-state index contributed by atoms with van der Waals surface area (Å²) in [7, 11) is 1.16. The number of hydrogen-bond acceptors (Lipinski definition) is 1. The molecule has 0 bridgehead atoms. The first-order valence-corrected chi connectivity index (χ1v) is 5.70. The molecule has 10 heavy (non-hydrogen) atoms. The van der Waals surface area contributed by atoms with Gasteiger partial charge in [-0.05, 0) is 52.4 Å². The third-order valence-corrected chi connectivity index (χ3v) is 3.22. The fraction of sp³-hybridized carbons (Fsp3) is 0.143. The van der Waals surface area contributed by atoms with Crippen LogP contribution in [0.1, 0.15) is 5.56 Å². The van der Waals surface area contributed by atoms with Gasteiger partial charge in [0, 0.05) is 13.8 Å². The van der Waals surface area contributed by atoms with Crippen LogP contribution in [0.3, 0.4) is 0 Å². The molecule has 0 fully saturated rings. The third kappa shape index (κ3) is 1.73. The zero-order valence-electron chi connectivity index (χ0n) is 5.76. The van der Waals surface area contributed by atoms with Crippen LogP contribution in [0.15, 0.2) is 18.2 Å². The van der Waals surface area contributed by atoms with Crippen molar-refractivity contribution in [3.05, 3.63) is 27.3 Å². The maximum atomic E-state index is 9.08. The summed E-state index contributed by atoms with van der Waals surface area (Å²) in [5.74, 6) is 0.381. The highest BCUT2D eigenvalue weighted by Gasteiger charge is 1.96. The average Bonchev–Trinajstić information content (AvgIpc) is 1.94. The van der Waals surface area contributed by atoms with E-state index < -0.39 is 0 Å². The van der Waals surface area contributed by atoms with Gasteiger partial charge in [-0.1, -0.05) is 0 Å². The molecule has 0 amide bonds. The van der Waals surface area contributed by atoms with Gasteiger partial charge in [0.1, 0.15) is 5.75 Å². The van der Waals surface area contributed by atoms with Crippen molar-refractivity contribution in [1.82, 2.24) is 0 Å². The van der Waals surface area contributed by atoms with Crippen molar-refractivity contribution < 1.29 is 5.11 Å². The summed E-state index contributed by atoms with van der Waals surface area (Å²) in [5, 5.41) is 9.08. The first-order valence-electron chi connectivity index (χ1n) is 3.21. The van der Waals surface area contributed by atoms with Crippen LogP contribution in [-0.2, 0) is 6.04 Å². The van der Waals surface area contributed by atoms with Gasteiger partial charge in [0.25, 0.3) is 0 Å². The summed E-state index contributed by atoms with van der Waals surface area (Å²) in [6, 6.07) is 6.63. The van der Waals surface area contributed by atoms with Crippen LogP contribution in [0.5, 0.6) is 5.75 Å². The van der Waals surface area contributed by atoms with Gasteiger partial charge in [-0.2, -0.15) is 0 Å². The molecule has 0 heterocycles. The van der Waals surface area contributed by atoms with E-state index in [4.69, 9.17) is 5.11 Å². The van der Waals surface area contributed by atoms with E-state index in [9.17, 15) is 0 Å². The van der Waals surface area contributed by atoms with Crippen LogP contribution >= 0.6 is 22.6 Å². The van der Waals surface area contributed by atoms with Crippen molar-refractivity contribution in [3.8, 4) is 5.75 Å². The Hall–Kier alpha value is -0.0331. The monoisotopic (exact) mass is 264 g/mol. The zero-order chi connectivity index (χ0) is 7.56. The molecule has 0 atom stereocenters. The third-order valence-electron chi connectivity index (χ3n) is 1.41. The van der Waals surface area contributed by atoms with Crippen LogP contribution in [0, 0.1) is 3.57 Å². The van der Waals surface area contributed by atoms with Gasteiger partial charge in [-0.3, -0.25) is 0 Å². The number of benzene rings is 1. The largest absolute Gasteiger partial charge is 0.508 e. The highest BCUT2D eigenvalue weighted by molar-refractivity contribution is 14.1. The number of phenolic OH excluding ortho intramolecular Hbond substituents is 1. The molecule has 0 saturated carbocycles. The van der Waals surface area contributed by atoms with Gasteiger partial charge in [0.2, 0.25) is 0 Å². The minimum atomic E-state index is 0.381. The summed E-state index contributed by atoms with van der Waals surface area (Å²) in [6.07, 6.45) is 0. The quantitative estimate of drug-likeness (QED) is 0.589. The van der Waals surface area contributed by atoms with Gasteiger partial charge >= 0.3 is 0 Å². The molecular formula is C7H9IOSi. The topological polar surface area (TPSA) is 20.2 Å². The van der Waals surface area contributed by atoms with Crippen molar-refractivity contribution in [2.45, 2.75) is 6.04 Å². The lowest BCUT2D eigenvalue weighted by molar-refractivity contribution is 0.474. The average molecular weight is 264 g/mol. The summed E-state index contributed by atoms with van der Waals surface area (Å²) < 4.78 is 1.26. The SMILES string of the molecule is Oc1ccc(I)c(C[SiH3])c1. The lowest BCUT2D eigenvalue weighted by Gasteiger charge is -1.99. The van der Waals surface area contributed by atoms with Crippen molar-refractivity contribution in [1.29, 1.82) is 0 Å². The van der Waals surface area contributed by atoms with E-state index in [1.807, 2.05) is 12.1 Å². The minimum absolute atomic E-state index is 0.381. The number of aromatic hydroxyl groups is 1. The lowest BCUT2D eigenvalue weighted by atomic mass is 10.2. The lowest BCUT2D eigenvalue weighted by Crippen LogP contribution is -1.86. The van der Waals surface area contributed by atoms with E-state index in [2.05, 4.69) is 22.6 Å². The number of halogens is 1. The Bertz CT molecular complexity index is 237. The summed E-state index contributed by atoms with van der Waals surface area (Å²) in [4.78, 5) is 0. The molecule has 0 radical (unpaired) electrons. The summed E-state index contributed by atoms with van der Waals surface area (Å²) in [6.45, 7) is 0. The number of hydrogen-bond donors (Lipinski definition) is 1. The Labute approximate surface area is 77.0 Å². The molecule has 0 spiro atoms. The van der Waals surface area contributed by atoms with Crippen LogP contribution in [-0.4, -0.2) is 15.3 Å². The second-order valence-electron chi connectivity index (χ2n) is 2.13. The summed E-state index contributed by atoms with van der Waals surface area (Å²) >= 11 is 2.29. The zero-order valence-corrected chi connectivity index (χ0v) is 9.92. The molecule has 0 saturated heterocycles. The van der Waals surface area contributed by atoms with Crippen LogP contribution in [0.2, 0.25) is 0 Å². The van der Waals surface area contributed by atoms with E-state index in [-0.39, 0.29) is 0 Å². The van der Waals surface area contributed by atoms with Crippen LogP contribution < -0.4 is 0 Å². The molecule has 1 N–H and O–H groups in total. The van der Waals surface area contributed by atoms with Gasteiger partial charge in [0.05, 0.1) is 0 Å². The standard InChI is InChI=1S/C7H9IOSi/c8-7-2-1-6(9)3-5(7)4-10/h1-3,9H,4H2,10H3. The molecule has 0 aromatic heterocycles. The molecule has 0 aliphatic heterocycles. The Morgan fingerprint density at radius 1 is 1.50 bits per heavy atom. The van der Waals surface area contributed by atoms with Gasteiger partial charge in [0.15, 0.2) is 0 Å². The second-order valence-corrected chi connectivity index (χ2v) is 4.00. The van der Waals surface area contributed by atoms with Crippen LogP contribution in [0.4, 0.5) is 0 Å². The maximum Gasteiger partial charge on any atom is 0.115 e. The smallest absolute Gasteiger partial charge is 0.115 e. The van der Waals surface area contributed by atoms with Crippen LogP contribution in [0.25, 0.3) is 0 Å². The molecule has 1 aromatic rings. The molecular weight excluding hydrogens is 255 g/mol. The molecule has 0 aliphatic rings. The van der Waals surface area contributed by atoms with Crippen molar-refractivity contribution in [2.75, 3.05) is 0 Å². The molecule has 54 valence electrons. The Morgan fingerprint density at radius 3 is 2.70 bits per heavy atom. The molecule has 1 rings (SSSR count). The number of phenols is 1. The first-order chi connectivity index (χ1) is 4.74. The van der Waals surface area contributed by atoms with Crippen molar-refractivity contribution in [3.63, 3.8) is 0 Å². The Morgan fingerprint density at radius 2 is 2.20 bits per heavy atom. The van der Waals surface area contributed by atoms with E-state index in [1.165, 1.54) is 9.13 Å². The highest BCUT2D eigenvalue weighted by Crippen LogP contribution is 2.17. The van der Waals surface area contributed by atoms with E-state index in [0.717, 1.165) is 16.3 Å².